The molecule has 0 bridgehead atoms. The van der Waals surface area contributed by atoms with Gasteiger partial charge in [0.15, 0.2) is 5.69 Å². The van der Waals surface area contributed by atoms with Crippen molar-refractivity contribution in [3.63, 3.8) is 0 Å². The highest BCUT2D eigenvalue weighted by molar-refractivity contribution is 6.30. The molecule has 2 heterocycles. The molecule has 8 heteroatoms. The summed E-state index contributed by atoms with van der Waals surface area (Å²) in [7, 11) is 0. The maximum absolute atomic E-state index is 12.5. The van der Waals surface area contributed by atoms with Gasteiger partial charge in [0, 0.05) is 30.7 Å². The molecule has 2 aromatic rings. The number of piperidine rings is 1. The molecule has 1 N–H and O–H groups in total. The van der Waals surface area contributed by atoms with E-state index in [1.54, 1.807) is 0 Å². The van der Waals surface area contributed by atoms with Gasteiger partial charge in [-0.25, -0.2) is 0 Å². The average Bonchev–Trinajstić information content (AvgIpc) is 2.58. The number of aromatic nitrogens is 2. The summed E-state index contributed by atoms with van der Waals surface area (Å²) in [5.74, 6) is 0.379. The van der Waals surface area contributed by atoms with Crippen LogP contribution in [0.1, 0.15) is 24.1 Å². The molecule has 1 aliphatic heterocycles. The predicted molar refractivity (Wildman–Crippen MR) is 90.4 cm³/mol. The molecule has 1 aromatic heterocycles. The standard InChI is InChI=1S/C17H18ClF3N4/c18-13-3-1-12(2-4-13)11-25-9-7-14(8-10-25)22-16-6-5-15(23-24-16)17(19,20)21/h1-6,14H,7-11H2,(H,22,24). The normalized spacial score (nSPS) is 16.8. The lowest BCUT2D eigenvalue weighted by Crippen LogP contribution is -2.38. The molecule has 0 radical (unpaired) electrons. The monoisotopic (exact) mass is 370 g/mol. The van der Waals surface area contributed by atoms with Gasteiger partial charge in [-0.3, -0.25) is 4.90 Å². The van der Waals surface area contributed by atoms with Gasteiger partial charge >= 0.3 is 6.18 Å². The number of hydrogen-bond acceptors (Lipinski definition) is 4. The van der Waals surface area contributed by atoms with Gasteiger partial charge in [-0.1, -0.05) is 23.7 Å². The van der Waals surface area contributed by atoms with Crippen LogP contribution in [0.2, 0.25) is 5.02 Å². The SMILES string of the molecule is FC(F)(F)c1ccc(NC2CCN(Cc3ccc(Cl)cc3)CC2)nn1. The zero-order chi connectivity index (χ0) is 17.9. The van der Waals surface area contributed by atoms with Gasteiger partial charge in [-0.2, -0.15) is 13.2 Å². The molecular weight excluding hydrogens is 353 g/mol. The molecule has 1 fully saturated rings. The van der Waals surface area contributed by atoms with Crippen molar-refractivity contribution in [1.82, 2.24) is 15.1 Å². The van der Waals surface area contributed by atoms with E-state index in [0.717, 1.165) is 43.6 Å². The van der Waals surface area contributed by atoms with Gasteiger partial charge in [-0.15, -0.1) is 10.2 Å². The summed E-state index contributed by atoms with van der Waals surface area (Å²) >= 11 is 5.89. The molecule has 1 saturated heterocycles. The van der Waals surface area contributed by atoms with Gasteiger partial charge in [0.25, 0.3) is 0 Å². The van der Waals surface area contributed by atoms with Crippen molar-refractivity contribution in [1.29, 1.82) is 0 Å². The fourth-order valence-corrected chi connectivity index (χ4v) is 2.98. The van der Waals surface area contributed by atoms with Crippen molar-refractivity contribution < 1.29 is 13.2 Å². The molecule has 0 saturated carbocycles. The summed E-state index contributed by atoms with van der Waals surface area (Å²) in [6.45, 7) is 2.69. The number of nitrogens with one attached hydrogen (secondary N) is 1. The smallest absolute Gasteiger partial charge is 0.366 e. The second-order valence-corrected chi connectivity index (χ2v) is 6.56. The Hall–Kier alpha value is -1.86. The summed E-state index contributed by atoms with van der Waals surface area (Å²) in [5.41, 5.74) is 0.236. The van der Waals surface area contributed by atoms with E-state index in [1.807, 2.05) is 24.3 Å². The van der Waals surface area contributed by atoms with Crippen molar-refractivity contribution in [3.8, 4) is 0 Å². The second-order valence-electron chi connectivity index (χ2n) is 6.12. The first-order chi connectivity index (χ1) is 11.9. The van der Waals surface area contributed by atoms with Crippen LogP contribution in [0.4, 0.5) is 19.0 Å². The minimum atomic E-state index is -4.46. The largest absolute Gasteiger partial charge is 0.435 e. The quantitative estimate of drug-likeness (QED) is 0.874. The minimum Gasteiger partial charge on any atom is -0.366 e. The summed E-state index contributed by atoms with van der Waals surface area (Å²) in [5, 5.41) is 10.8. The Labute approximate surface area is 149 Å². The van der Waals surface area contributed by atoms with Gasteiger partial charge in [-0.05, 0) is 42.7 Å². The van der Waals surface area contributed by atoms with Crippen LogP contribution in [0.15, 0.2) is 36.4 Å². The Morgan fingerprint density at radius 3 is 2.28 bits per heavy atom. The van der Waals surface area contributed by atoms with E-state index in [4.69, 9.17) is 11.6 Å². The molecule has 1 aromatic carbocycles. The van der Waals surface area contributed by atoms with E-state index < -0.39 is 11.9 Å². The third-order valence-corrected chi connectivity index (χ3v) is 4.47. The zero-order valence-electron chi connectivity index (χ0n) is 13.4. The Bertz CT molecular complexity index is 681. The first-order valence-corrected chi connectivity index (χ1v) is 8.42. The van der Waals surface area contributed by atoms with Crippen LogP contribution < -0.4 is 5.32 Å². The summed E-state index contributed by atoms with van der Waals surface area (Å²) in [6, 6.07) is 10.3. The van der Waals surface area contributed by atoms with Crippen molar-refractivity contribution >= 4 is 17.4 Å². The topological polar surface area (TPSA) is 41.0 Å². The van der Waals surface area contributed by atoms with Crippen molar-refractivity contribution in [3.05, 3.63) is 52.7 Å². The van der Waals surface area contributed by atoms with Gasteiger partial charge in [0.2, 0.25) is 0 Å². The lowest BCUT2D eigenvalue weighted by molar-refractivity contribution is -0.141. The van der Waals surface area contributed by atoms with E-state index in [-0.39, 0.29) is 6.04 Å². The summed E-state index contributed by atoms with van der Waals surface area (Å²) in [4.78, 5) is 2.35. The lowest BCUT2D eigenvalue weighted by atomic mass is 10.0. The molecule has 134 valence electrons. The third-order valence-electron chi connectivity index (χ3n) is 4.21. The van der Waals surface area contributed by atoms with E-state index in [2.05, 4.69) is 20.4 Å². The lowest BCUT2D eigenvalue weighted by Gasteiger charge is -2.32. The first kappa shape index (κ1) is 17.9. The van der Waals surface area contributed by atoms with Crippen molar-refractivity contribution in [2.45, 2.75) is 31.6 Å². The molecule has 4 nitrogen and oxygen atoms in total. The van der Waals surface area contributed by atoms with Crippen LogP contribution in [0.3, 0.4) is 0 Å². The van der Waals surface area contributed by atoms with Crippen molar-refractivity contribution in [2.24, 2.45) is 0 Å². The number of halogens is 4. The van der Waals surface area contributed by atoms with E-state index >= 15 is 0 Å². The Kier molecular flexibility index (Phi) is 5.44. The number of benzene rings is 1. The van der Waals surface area contributed by atoms with Gasteiger partial charge in [0.05, 0.1) is 0 Å². The van der Waals surface area contributed by atoms with Crippen molar-refractivity contribution in [2.75, 3.05) is 18.4 Å². The molecule has 0 unspecified atom stereocenters. The molecule has 0 spiro atoms. The highest BCUT2D eigenvalue weighted by Gasteiger charge is 2.33. The van der Waals surface area contributed by atoms with Gasteiger partial charge < -0.3 is 5.32 Å². The molecule has 0 amide bonds. The fourth-order valence-electron chi connectivity index (χ4n) is 2.85. The zero-order valence-corrected chi connectivity index (χ0v) is 14.2. The Morgan fingerprint density at radius 1 is 1.04 bits per heavy atom. The minimum absolute atomic E-state index is 0.188. The molecule has 0 atom stereocenters. The van der Waals surface area contributed by atoms with E-state index in [9.17, 15) is 13.2 Å². The number of likely N-dealkylation sites (tertiary alicyclic amines) is 1. The fraction of sp³-hybridized carbons (Fsp3) is 0.412. The number of rotatable bonds is 4. The number of anilines is 1. The second kappa shape index (κ2) is 7.58. The highest BCUT2D eigenvalue weighted by atomic mass is 35.5. The molecule has 3 rings (SSSR count). The van der Waals surface area contributed by atoms with Crippen LogP contribution in [-0.4, -0.2) is 34.2 Å². The molecule has 1 aliphatic rings. The third kappa shape index (κ3) is 5.06. The van der Waals surface area contributed by atoms with Gasteiger partial charge in [0.1, 0.15) is 5.82 Å². The van der Waals surface area contributed by atoms with Crippen LogP contribution in [0.5, 0.6) is 0 Å². The Morgan fingerprint density at radius 2 is 1.72 bits per heavy atom. The predicted octanol–water partition coefficient (Wildman–Crippen LogP) is 4.23. The summed E-state index contributed by atoms with van der Waals surface area (Å²) in [6.07, 6.45) is -2.66. The van der Waals surface area contributed by atoms with Crippen LogP contribution in [0, 0.1) is 0 Å². The number of nitrogens with zero attached hydrogens (tertiary/aromatic N) is 3. The van der Waals surface area contributed by atoms with Crippen LogP contribution >= 0.6 is 11.6 Å². The molecular formula is C17H18ClF3N4. The summed E-state index contributed by atoms with van der Waals surface area (Å²) < 4.78 is 37.5. The Balaban J connectivity index is 1.48. The van der Waals surface area contributed by atoms with Crippen LogP contribution in [0.25, 0.3) is 0 Å². The maximum Gasteiger partial charge on any atom is 0.435 e. The number of alkyl halides is 3. The molecule has 0 aliphatic carbocycles. The van der Waals surface area contributed by atoms with Crippen LogP contribution in [-0.2, 0) is 12.7 Å². The average molecular weight is 371 g/mol. The highest BCUT2D eigenvalue weighted by Crippen LogP contribution is 2.27. The first-order valence-electron chi connectivity index (χ1n) is 8.04. The van der Waals surface area contributed by atoms with E-state index in [1.165, 1.54) is 11.6 Å². The number of hydrogen-bond donors (Lipinski definition) is 1. The molecule has 25 heavy (non-hydrogen) atoms. The maximum atomic E-state index is 12.5. The van der Waals surface area contributed by atoms with E-state index in [0.29, 0.717) is 5.82 Å².